The largest absolute Gasteiger partial charge is 0.461 e. The Bertz CT molecular complexity index is 686. The van der Waals surface area contributed by atoms with Gasteiger partial charge in [-0.25, -0.2) is 9.59 Å². The maximum Gasteiger partial charge on any atom is 0.355 e. The summed E-state index contributed by atoms with van der Waals surface area (Å²) in [5.41, 5.74) is 1.42. The second-order valence-electron chi connectivity index (χ2n) is 6.48. The number of rotatable bonds is 5. The van der Waals surface area contributed by atoms with Crippen LogP contribution in [0.2, 0.25) is 0 Å². The van der Waals surface area contributed by atoms with Crippen LogP contribution in [0.25, 0.3) is 0 Å². The summed E-state index contributed by atoms with van der Waals surface area (Å²) in [7, 11) is 0. The number of hydrogen-bond acceptors (Lipinski definition) is 6. The van der Waals surface area contributed by atoms with E-state index in [1.165, 1.54) is 0 Å². The summed E-state index contributed by atoms with van der Waals surface area (Å²) >= 11 is 0. The van der Waals surface area contributed by atoms with Crippen LogP contribution in [0, 0.1) is 13.8 Å². The lowest BCUT2D eigenvalue weighted by Gasteiger charge is -2.35. The molecule has 1 aliphatic rings. The Hall–Kier alpha value is -2.35. The second kappa shape index (κ2) is 8.35. The molecule has 2 atom stereocenters. The van der Waals surface area contributed by atoms with Crippen LogP contribution in [0.4, 0.5) is 0 Å². The molecule has 8 nitrogen and oxygen atoms in total. The molecule has 0 spiro atoms. The lowest BCUT2D eigenvalue weighted by atomic mass is 10.1. The Kier molecular flexibility index (Phi) is 6.42. The van der Waals surface area contributed by atoms with Gasteiger partial charge in [-0.1, -0.05) is 0 Å². The SMILES string of the molecule is CCOC(=O)c1[nH]c(C)c(C(=O)OCC(=O)N2CC(C)OC(C)C2)c1C. The van der Waals surface area contributed by atoms with Crippen molar-refractivity contribution in [1.82, 2.24) is 9.88 Å². The molecule has 0 radical (unpaired) electrons. The minimum Gasteiger partial charge on any atom is -0.461 e. The van der Waals surface area contributed by atoms with Crippen molar-refractivity contribution < 1.29 is 28.6 Å². The van der Waals surface area contributed by atoms with Crippen molar-refractivity contribution in [2.24, 2.45) is 0 Å². The normalized spacial score (nSPS) is 20.0. The molecule has 0 aliphatic carbocycles. The van der Waals surface area contributed by atoms with Crippen LogP contribution in [0.1, 0.15) is 52.9 Å². The quantitative estimate of drug-likeness (QED) is 0.795. The molecule has 1 fully saturated rings. The van der Waals surface area contributed by atoms with Crippen molar-refractivity contribution in [1.29, 1.82) is 0 Å². The predicted octanol–water partition coefficient (Wildman–Crippen LogP) is 1.60. The number of aromatic nitrogens is 1. The van der Waals surface area contributed by atoms with Crippen molar-refractivity contribution >= 4 is 17.8 Å². The Morgan fingerprint density at radius 3 is 2.31 bits per heavy atom. The lowest BCUT2D eigenvalue weighted by Crippen LogP contribution is -2.49. The number of nitrogens with zero attached hydrogens (tertiary/aromatic N) is 1. The van der Waals surface area contributed by atoms with E-state index in [9.17, 15) is 14.4 Å². The Morgan fingerprint density at radius 2 is 1.73 bits per heavy atom. The van der Waals surface area contributed by atoms with Gasteiger partial charge in [0.15, 0.2) is 6.61 Å². The number of hydrogen-bond donors (Lipinski definition) is 1. The van der Waals surface area contributed by atoms with Crippen molar-refractivity contribution in [2.45, 2.75) is 46.8 Å². The summed E-state index contributed by atoms with van der Waals surface area (Å²) in [5.74, 6) is -1.44. The summed E-state index contributed by atoms with van der Waals surface area (Å²) in [4.78, 5) is 41.1. The number of aryl methyl sites for hydroxylation is 1. The van der Waals surface area contributed by atoms with Gasteiger partial charge >= 0.3 is 11.9 Å². The first-order valence-electron chi connectivity index (χ1n) is 8.71. The Morgan fingerprint density at radius 1 is 1.12 bits per heavy atom. The highest BCUT2D eigenvalue weighted by molar-refractivity contribution is 5.99. The van der Waals surface area contributed by atoms with Crippen molar-refractivity contribution in [3.05, 3.63) is 22.5 Å². The number of amides is 1. The van der Waals surface area contributed by atoms with Gasteiger partial charge < -0.3 is 24.1 Å². The van der Waals surface area contributed by atoms with Gasteiger partial charge in [0.25, 0.3) is 5.91 Å². The number of ether oxygens (including phenoxy) is 3. The van der Waals surface area contributed by atoms with E-state index < -0.39 is 11.9 Å². The zero-order valence-electron chi connectivity index (χ0n) is 15.9. The molecule has 2 unspecified atom stereocenters. The average molecular weight is 366 g/mol. The van der Waals surface area contributed by atoms with Gasteiger partial charge in [-0.05, 0) is 40.2 Å². The monoisotopic (exact) mass is 366 g/mol. The van der Waals surface area contributed by atoms with Crippen LogP contribution in [-0.4, -0.2) is 66.2 Å². The van der Waals surface area contributed by atoms with Gasteiger partial charge in [0.1, 0.15) is 5.69 Å². The summed E-state index contributed by atoms with van der Waals surface area (Å²) in [6.07, 6.45) is -0.112. The van der Waals surface area contributed by atoms with E-state index in [2.05, 4.69) is 4.98 Å². The van der Waals surface area contributed by atoms with Crippen LogP contribution in [0.3, 0.4) is 0 Å². The summed E-state index contributed by atoms with van der Waals surface area (Å²) in [6, 6.07) is 0. The van der Waals surface area contributed by atoms with Crippen LogP contribution < -0.4 is 0 Å². The second-order valence-corrected chi connectivity index (χ2v) is 6.48. The third-order valence-electron chi connectivity index (χ3n) is 4.22. The van der Waals surface area contributed by atoms with E-state index >= 15 is 0 Å². The molecule has 1 N–H and O–H groups in total. The third-order valence-corrected chi connectivity index (χ3v) is 4.22. The molecule has 26 heavy (non-hydrogen) atoms. The van der Waals surface area contributed by atoms with Crippen molar-refractivity contribution in [3.63, 3.8) is 0 Å². The van der Waals surface area contributed by atoms with Gasteiger partial charge in [0.2, 0.25) is 0 Å². The molecule has 2 rings (SSSR count). The van der Waals surface area contributed by atoms with Gasteiger partial charge in [-0.15, -0.1) is 0 Å². The highest BCUT2D eigenvalue weighted by atomic mass is 16.5. The van der Waals surface area contributed by atoms with Crippen molar-refractivity contribution in [2.75, 3.05) is 26.3 Å². The number of morpholine rings is 1. The molecule has 0 aromatic carbocycles. The molecule has 144 valence electrons. The number of carbonyl (C=O) groups excluding carboxylic acids is 3. The maximum absolute atomic E-state index is 12.4. The number of carbonyl (C=O) groups is 3. The summed E-state index contributed by atoms with van der Waals surface area (Å²) in [5, 5.41) is 0. The standard InChI is InChI=1S/C18H26N2O6/c1-6-24-18(23)16-12(4)15(13(5)19-16)17(22)25-9-14(21)20-7-10(2)26-11(3)8-20/h10-11,19H,6-9H2,1-5H3. The fourth-order valence-electron chi connectivity index (χ4n) is 3.14. The first kappa shape index (κ1) is 20.0. The number of nitrogens with one attached hydrogen (secondary N) is 1. The van der Waals surface area contributed by atoms with Crippen LogP contribution in [0.5, 0.6) is 0 Å². The fourth-order valence-corrected chi connectivity index (χ4v) is 3.14. The topological polar surface area (TPSA) is 97.9 Å². The van der Waals surface area contributed by atoms with Crippen LogP contribution in [0.15, 0.2) is 0 Å². The van der Waals surface area contributed by atoms with Crippen molar-refractivity contribution in [3.8, 4) is 0 Å². The molecule has 1 amide bonds. The number of aromatic amines is 1. The first-order valence-corrected chi connectivity index (χ1v) is 8.71. The zero-order chi connectivity index (χ0) is 19.4. The zero-order valence-corrected chi connectivity index (χ0v) is 15.9. The maximum atomic E-state index is 12.4. The molecule has 8 heteroatoms. The van der Waals surface area contributed by atoms with E-state index in [1.54, 1.807) is 25.7 Å². The minimum absolute atomic E-state index is 0.0558. The lowest BCUT2D eigenvalue weighted by molar-refractivity contribution is -0.146. The first-order chi connectivity index (χ1) is 12.2. The summed E-state index contributed by atoms with van der Waals surface area (Å²) < 4.78 is 15.7. The molecule has 1 aromatic heterocycles. The van der Waals surface area contributed by atoms with E-state index in [-0.39, 0.29) is 42.6 Å². The molecule has 0 saturated carbocycles. The average Bonchev–Trinajstić information content (AvgIpc) is 2.86. The van der Waals surface area contributed by atoms with Crippen LogP contribution in [-0.2, 0) is 19.0 Å². The Balaban J connectivity index is 2.02. The van der Waals surface area contributed by atoms with E-state index in [0.29, 0.717) is 24.3 Å². The van der Waals surface area contributed by atoms with Gasteiger partial charge in [-0.2, -0.15) is 0 Å². The van der Waals surface area contributed by atoms with Gasteiger partial charge in [-0.3, -0.25) is 4.79 Å². The Labute approximate surface area is 152 Å². The fraction of sp³-hybridized carbons (Fsp3) is 0.611. The van der Waals surface area contributed by atoms with Gasteiger partial charge in [0, 0.05) is 18.8 Å². The molecule has 1 aliphatic heterocycles. The molecule has 0 bridgehead atoms. The van der Waals surface area contributed by atoms with E-state index in [4.69, 9.17) is 14.2 Å². The molecule has 1 aromatic rings. The molecular weight excluding hydrogens is 340 g/mol. The predicted molar refractivity (Wildman–Crippen MR) is 93.1 cm³/mol. The molecule has 1 saturated heterocycles. The number of esters is 2. The highest BCUT2D eigenvalue weighted by Gasteiger charge is 2.28. The minimum atomic E-state index is -0.644. The number of H-pyrrole nitrogens is 1. The third kappa shape index (κ3) is 4.43. The highest BCUT2D eigenvalue weighted by Crippen LogP contribution is 2.20. The molecule has 2 heterocycles. The van der Waals surface area contributed by atoms with Crippen LogP contribution >= 0.6 is 0 Å². The van der Waals surface area contributed by atoms with E-state index in [1.807, 2.05) is 13.8 Å². The smallest absolute Gasteiger partial charge is 0.355 e. The molecular formula is C18H26N2O6. The van der Waals surface area contributed by atoms with E-state index in [0.717, 1.165) is 0 Å². The van der Waals surface area contributed by atoms with Gasteiger partial charge in [0.05, 0.1) is 24.4 Å². The summed E-state index contributed by atoms with van der Waals surface area (Å²) in [6.45, 7) is 9.62.